The molecule has 3 unspecified atom stereocenters. The average Bonchev–Trinajstić information content (AvgIpc) is 2.99. The topological polar surface area (TPSA) is 52.1 Å². The van der Waals surface area contributed by atoms with Gasteiger partial charge in [0.2, 0.25) is 5.78 Å². The van der Waals surface area contributed by atoms with Crippen molar-refractivity contribution in [2.24, 2.45) is 11.8 Å². The van der Waals surface area contributed by atoms with Crippen LogP contribution in [0.2, 0.25) is 0 Å². The number of hydrogen-bond donors (Lipinski definition) is 0. The molecular formula is C36H34N2O2. The molecule has 1 aliphatic carbocycles. The number of fused-ring (bicyclic) bond motifs is 4. The normalized spacial score (nSPS) is 18.9. The van der Waals surface area contributed by atoms with Crippen LogP contribution in [0.1, 0.15) is 73.9 Å². The molecule has 0 radical (unpaired) electrons. The summed E-state index contributed by atoms with van der Waals surface area (Å²) in [5.74, 6) is 8.08. The smallest absolute Gasteiger partial charge is 0.236 e. The van der Waals surface area contributed by atoms with Crippen molar-refractivity contribution >= 4 is 38.6 Å². The zero-order chi connectivity index (χ0) is 27.6. The van der Waals surface area contributed by atoms with Gasteiger partial charge in [0.15, 0.2) is 0 Å². The van der Waals surface area contributed by atoms with Gasteiger partial charge in [0.1, 0.15) is 5.75 Å². The van der Waals surface area contributed by atoms with Crippen molar-refractivity contribution in [1.29, 1.82) is 0 Å². The zero-order valence-corrected chi connectivity index (χ0v) is 23.4. The molecule has 200 valence electrons. The number of hydrogen-bond acceptors (Lipinski definition) is 4. The van der Waals surface area contributed by atoms with Crippen LogP contribution in [-0.2, 0) is 0 Å². The van der Waals surface area contributed by atoms with Gasteiger partial charge < -0.3 is 4.74 Å². The van der Waals surface area contributed by atoms with Gasteiger partial charge in [-0.1, -0.05) is 75.1 Å². The molecule has 3 atom stereocenters. The van der Waals surface area contributed by atoms with E-state index in [4.69, 9.17) is 14.7 Å². The number of carbonyl (C=O) groups is 1. The van der Waals surface area contributed by atoms with Gasteiger partial charge in [-0.05, 0) is 73.8 Å². The quantitative estimate of drug-likeness (QED) is 0.0997. The summed E-state index contributed by atoms with van der Waals surface area (Å²) in [6.45, 7) is 7.31. The van der Waals surface area contributed by atoms with E-state index in [-0.39, 0.29) is 5.78 Å². The lowest BCUT2D eigenvalue weighted by Crippen LogP contribution is -2.23. The first-order chi connectivity index (χ1) is 19.6. The fraction of sp³-hybridized carbons (Fsp3) is 0.306. The molecule has 5 aromatic rings. The van der Waals surface area contributed by atoms with Gasteiger partial charge in [-0.2, -0.15) is 0 Å². The Balaban J connectivity index is 1.56. The van der Waals surface area contributed by atoms with Crippen LogP contribution < -0.4 is 4.74 Å². The second-order valence-corrected chi connectivity index (χ2v) is 11.0. The van der Waals surface area contributed by atoms with Crippen LogP contribution in [0.25, 0.3) is 32.8 Å². The standard InChI is InChI=1S/C36H34N2O2/c1-4-25-17-15-23(3)21-29(25)33-35-34(27-13-9-10-14-28(27)36(33)40-5-2)38-31-22-26(18-19-30(31)37-35)32(39)20-16-24-11-7-6-8-12-24/h6-14,18-19,22-23,25,29H,4-5,15,17,21H2,1-3H3. The van der Waals surface area contributed by atoms with Gasteiger partial charge in [-0.15, -0.1) is 0 Å². The summed E-state index contributed by atoms with van der Waals surface area (Å²) in [4.78, 5) is 23.4. The van der Waals surface area contributed by atoms with Crippen molar-refractivity contribution in [1.82, 2.24) is 9.97 Å². The summed E-state index contributed by atoms with van der Waals surface area (Å²) in [7, 11) is 0. The fourth-order valence-corrected chi connectivity index (χ4v) is 6.36. The van der Waals surface area contributed by atoms with Crippen LogP contribution in [-0.4, -0.2) is 22.4 Å². The molecule has 1 fully saturated rings. The molecule has 1 saturated carbocycles. The molecule has 1 aromatic heterocycles. The third-order valence-electron chi connectivity index (χ3n) is 8.39. The van der Waals surface area contributed by atoms with Gasteiger partial charge in [0, 0.05) is 27.5 Å². The van der Waals surface area contributed by atoms with E-state index >= 15 is 0 Å². The molecule has 0 amide bonds. The molecule has 0 N–H and O–H groups in total. The molecule has 0 spiro atoms. The van der Waals surface area contributed by atoms with Crippen LogP contribution in [0.5, 0.6) is 5.75 Å². The van der Waals surface area contributed by atoms with Crippen LogP contribution >= 0.6 is 0 Å². The number of rotatable bonds is 5. The van der Waals surface area contributed by atoms with Crippen molar-refractivity contribution in [2.75, 3.05) is 6.61 Å². The maximum Gasteiger partial charge on any atom is 0.236 e. The highest BCUT2D eigenvalue weighted by Gasteiger charge is 2.34. The van der Waals surface area contributed by atoms with Crippen molar-refractivity contribution in [2.45, 2.75) is 52.4 Å². The first-order valence-corrected chi connectivity index (χ1v) is 14.5. The molecule has 1 aliphatic rings. The molecule has 0 saturated heterocycles. The van der Waals surface area contributed by atoms with Gasteiger partial charge in [0.05, 0.1) is 28.7 Å². The summed E-state index contributed by atoms with van der Waals surface area (Å²) in [6, 6.07) is 23.4. The van der Waals surface area contributed by atoms with E-state index in [1.165, 1.54) is 18.4 Å². The second kappa shape index (κ2) is 11.1. The Labute approximate surface area is 235 Å². The summed E-state index contributed by atoms with van der Waals surface area (Å²) >= 11 is 0. The fourth-order valence-electron chi connectivity index (χ4n) is 6.36. The van der Waals surface area contributed by atoms with E-state index in [1.807, 2.05) is 54.6 Å². The molecular weight excluding hydrogens is 492 g/mol. The minimum atomic E-state index is -0.230. The average molecular weight is 527 g/mol. The first-order valence-electron chi connectivity index (χ1n) is 14.5. The Morgan fingerprint density at radius 3 is 2.42 bits per heavy atom. The van der Waals surface area contributed by atoms with Gasteiger partial charge in [-0.25, -0.2) is 9.97 Å². The first kappa shape index (κ1) is 26.0. The molecule has 4 aromatic carbocycles. The van der Waals surface area contributed by atoms with E-state index in [1.54, 1.807) is 0 Å². The number of nitrogens with zero attached hydrogens (tertiary/aromatic N) is 2. The Hall–Kier alpha value is -4.23. The largest absolute Gasteiger partial charge is 0.493 e. The SMILES string of the molecule is CCOc1c(C2CC(C)CCC2CC)c2nc3ccc(C(=O)C#Cc4ccccc4)cc3nc2c2ccccc12. The number of Topliss-reactive ketones (excluding diaryl/α,β-unsaturated/α-hetero) is 1. The van der Waals surface area contributed by atoms with E-state index in [0.717, 1.165) is 51.5 Å². The number of aromatic nitrogens is 2. The molecule has 0 bridgehead atoms. The van der Waals surface area contributed by atoms with Crippen LogP contribution in [0, 0.1) is 23.7 Å². The molecule has 1 heterocycles. The predicted octanol–water partition coefficient (Wildman–Crippen LogP) is 8.50. The summed E-state index contributed by atoms with van der Waals surface area (Å²) < 4.78 is 6.44. The van der Waals surface area contributed by atoms with Gasteiger partial charge in [-0.3, -0.25) is 4.79 Å². The van der Waals surface area contributed by atoms with E-state index in [0.29, 0.717) is 35.4 Å². The van der Waals surface area contributed by atoms with Gasteiger partial charge in [0.25, 0.3) is 0 Å². The maximum absolute atomic E-state index is 13.0. The van der Waals surface area contributed by atoms with Gasteiger partial charge >= 0.3 is 0 Å². The monoisotopic (exact) mass is 526 g/mol. The van der Waals surface area contributed by atoms with E-state index in [9.17, 15) is 4.79 Å². The predicted molar refractivity (Wildman–Crippen MR) is 163 cm³/mol. The number of ketones is 1. The lowest BCUT2D eigenvalue weighted by Gasteiger charge is -2.36. The Bertz CT molecular complexity index is 1780. The van der Waals surface area contributed by atoms with Crippen LogP contribution in [0.3, 0.4) is 0 Å². The highest BCUT2D eigenvalue weighted by atomic mass is 16.5. The number of carbonyl (C=O) groups excluding carboxylic acids is 1. The summed E-state index contributed by atoms with van der Waals surface area (Å²) in [6.07, 6.45) is 4.74. The highest BCUT2D eigenvalue weighted by Crippen LogP contribution is 2.49. The molecule has 40 heavy (non-hydrogen) atoms. The zero-order valence-electron chi connectivity index (χ0n) is 23.4. The van der Waals surface area contributed by atoms with Crippen molar-refractivity contribution in [3.63, 3.8) is 0 Å². The summed E-state index contributed by atoms with van der Waals surface area (Å²) in [5.41, 5.74) is 5.81. The Morgan fingerprint density at radius 1 is 0.900 bits per heavy atom. The second-order valence-electron chi connectivity index (χ2n) is 11.0. The third kappa shape index (κ3) is 4.82. The minimum Gasteiger partial charge on any atom is -0.493 e. The molecule has 6 rings (SSSR count). The Kier molecular flexibility index (Phi) is 7.22. The van der Waals surface area contributed by atoms with Crippen molar-refractivity contribution in [3.05, 3.63) is 89.5 Å². The van der Waals surface area contributed by atoms with Crippen molar-refractivity contribution in [3.8, 4) is 17.6 Å². The van der Waals surface area contributed by atoms with E-state index in [2.05, 4.69) is 50.8 Å². The minimum absolute atomic E-state index is 0.230. The number of ether oxygens (including phenoxy) is 1. The van der Waals surface area contributed by atoms with Crippen LogP contribution in [0.15, 0.2) is 72.8 Å². The van der Waals surface area contributed by atoms with Crippen LogP contribution in [0.4, 0.5) is 0 Å². The molecule has 0 aliphatic heterocycles. The number of benzene rings is 4. The summed E-state index contributed by atoms with van der Waals surface area (Å²) in [5, 5.41) is 2.10. The molecule has 4 nitrogen and oxygen atoms in total. The van der Waals surface area contributed by atoms with Crippen molar-refractivity contribution < 1.29 is 9.53 Å². The Morgan fingerprint density at radius 2 is 1.65 bits per heavy atom. The maximum atomic E-state index is 13.0. The lowest BCUT2D eigenvalue weighted by molar-refractivity contribution is 0.105. The lowest BCUT2D eigenvalue weighted by atomic mass is 9.70. The molecule has 4 heteroatoms. The van der Waals surface area contributed by atoms with E-state index < -0.39 is 0 Å². The highest BCUT2D eigenvalue weighted by molar-refractivity contribution is 6.13. The third-order valence-corrected chi connectivity index (χ3v) is 8.39.